The molecule has 1 aromatic carbocycles. The standard InChI is InChI=1S/C18H31GeP/c1-6-19(7-2,8-3)18(16-20(9-4)10-5)17-14-12-11-13-15-17/h11-16H,6-10H2,1-5H3. The first-order valence-corrected chi connectivity index (χ1v) is 15.5. The molecule has 0 saturated heterocycles. The SMILES string of the molecule is CCP(C=[C](c1ccccc1)[Ge]([CH2]C)([CH2]C)[CH2]C)CC. The zero-order valence-electron chi connectivity index (χ0n) is 13.9. The topological polar surface area (TPSA) is 0 Å². The predicted molar refractivity (Wildman–Crippen MR) is 99.6 cm³/mol. The van der Waals surface area contributed by atoms with Gasteiger partial charge in [-0.1, -0.05) is 0 Å². The van der Waals surface area contributed by atoms with Gasteiger partial charge in [-0.3, -0.25) is 0 Å². The summed E-state index contributed by atoms with van der Waals surface area (Å²) in [5.74, 6) is 2.72. The fourth-order valence-corrected chi connectivity index (χ4v) is 14.7. The van der Waals surface area contributed by atoms with E-state index in [0.717, 1.165) is 0 Å². The van der Waals surface area contributed by atoms with E-state index >= 15 is 0 Å². The van der Waals surface area contributed by atoms with E-state index < -0.39 is 13.3 Å². The van der Waals surface area contributed by atoms with Crippen LogP contribution in [0.2, 0.25) is 15.8 Å². The summed E-state index contributed by atoms with van der Waals surface area (Å²) in [6.07, 6.45) is 2.66. The first kappa shape index (κ1) is 18.0. The van der Waals surface area contributed by atoms with Gasteiger partial charge in [-0.05, 0) is 0 Å². The molecule has 0 spiro atoms. The number of hydrogen-bond acceptors (Lipinski definition) is 0. The average Bonchev–Trinajstić information content (AvgIpc) is 2.53. The molecular weight excluding hydrogens is 320 g/mol. The van der Waals surface area contributed by atoms with E-state index in [1.54, 1.807) is 4.41 Å². The molecule has 0 bridgehead atoms. The molecule has 0 nitrogen and oxygen atoms in total. The molecule has 1 rings (SSSR count). The molecule has 0 aromatic heterocycles. The van der Waals surface area contributed by atoms with Crippen molar-refractivity contribution in [3.63, 3.8) is 0 Å². The summed E-state index contributed by atoms with van der Waals surface area (Å²) in [6, 6.07) is 11.2. The Morgan fingerprint density at radius 2 is 1.40 bits per heavy atom. The molecule has 0 amide bonds. The van der Waals surface area contributed by atoms with Crippen molar-refractivity contribution in [3.8, 4) is 0 Å². The summed E-state index contributed by atoms with van der Waals surface area (Å²) in [7, 11) is 0.0842. The molecule has 0 atom stereocenters. The predicted octanol–water partition coefficient (Wildman–Crippen LogP) is 6.60. The molecule has 0 radical (unpaired) electrons. The van der Waals surface area contributed by atoms with Gasteiger partial charge in [0, 0.05) is 0 Å². The summed E-state index contributed by atoms with van der Waals surface area (Å²) in [4.78, 5) is 0. The summed E-state index contributed by atoms with van der Waals surface area (Å²) in [5, 5.41) is 4.26. The van der Waals surface area contributed by atoms with E-state index in [9.17, 15) is 0 Å². The third-order valence-corrected chi connectivity index (χ3v) is 19.4. The molecule has 0 unspecified atom stereocenters. The van der Waals surface area contributed by atoms with Crippen LogP contribution in [0.1, 0.15) is 40.2 Å². The molecule has 20 heavy (non-hydrogen) atoms. The molecular formula is C18H31GeP. The van der Waals surface area contributed by atoms with Crippen LogP contribution in [0, 0.1) is 0 Å². The second kappa shape index (κ2) is 9.05. The molecule has 0 aliphatic carbocycles. The third-order valence-electron chi connectivity index (χ3n) is 4.81. The number of hydrogen-bond donors (Lipinski definition) is 0. The fraction of sp³-hybridized carbons (Fsp3) is 0.556. The zero-order valence-corrected chi connectivity index (χ0v) is 16.9. The van der Waals surface area contributed by atoms with Crippen molar-refractivity contribution in [1.82, 2.24) is 0 Å². The van der Waals surface area contributed by atoms with E-state index in [2.05, 4.69) is 70.8 Å². The van der Waals surface area contributed by atoms with Crippen LogP contribution in [0.25, 0.3) is 4.41 Å². The van der Waals surface area contributed by atoms with Gasteiger partial charge in [0.1, 0.15) is 0 Å². The maximum atomic E-state index is 2.72. The van der Waals surface area contributed by atoms with Crippen LogP contribution in [-0.4, -0.2) is 25.6 Å². The maximum absolute atomic E-state index is 2.72. The van der Waals surface area contributed by atoms with Gasteiger partial charge in [-0.15, -0.1) is 0 Å². The van der Waals surface area contributed by atoms with Crippen molar-refractivity contribution in [1.29, 1.82) is 0 Å². The molecule has 1 aromatic rings. The minimum absolute atomic E-state index is 0.0842. The van der Waals surface area contributed by atoms with Gasteiger partial charge < -0.3 is 0 Å². The first-order chi connectivity index (χ1) is 9.67. The van der Waals surface area contributed by atoms with Crippen LogP contribution in [0.4, 0.5) is 0 Å². The van der Waals surface area contributed by atoms with Crippen LogP contribution in [-0.2, 0) is 0 Å². The quantitative estimate of drug-likeness (QED) is 0.366. The van der Waals surface area contributed by atoms with Crippen LogP contribution >= 0.6 is 7.92 Å². The molecule has 0 aliphatic heterocycles. The van der Waals surface area contributed by atoms with E-state index in [0.29, 0.717) is 0 Å². The fourth-order valence-electron chi connectivity index (χ4n) is 3.05. The molecule has 2 heteroatoms. The second-order valence-corrected chi connectivity index (χ2v) is 19.1. The Morgan fingerprint density at radius 3 is 1.80 bits per heavy atom. The zero-order chi connectivity index (χ0) is 15.0. The number of benzene rings is 1. The van der Waals surface area contributed by atoms with Crippen molar-refractivity contribution < 1.29 is 0 Å². The van der Waals surface area contributed by atoms with Crippen molar-refractivity contribution in [2.45, 2.75) is 50.4 Å². The molecule has 112 valence electrons. The van der Waals surface area contributed by atoms with Crippen molar-refractivity contribution >= 4 is 25.6 Å². The molecule has 0 fully saturated rings. The monoisotopic (exact) mass is 352 g/mol. The van der Waals surface area contributed by atoms with Crippen LogP contribution < -0.4 is 0 Å². The Labute approximate surface area is 130 Å². The molecule has 0 heterocycles. The van der Waals surface area contributed by atoms with Crippen molar-refractivity contribution in [2.24, 2.45) is 0 Å². The summed E-state index contributed by atoms with van der Waals surface area (Å²) in [6.45, 7) is 12.0. The Kier molecular flexibility index (Phi) is 8.14. The van der Waals surface area contributed by atoms with Gasteiger partial charge in [0.15, 0.2) is 0 Å². The van der Waals surface area contributed by atoms with Crippen molar-refractivity contribution in [3.05, 3.63) is 41.7 Å². The van der Waals surface area contributed by atoms with Gasteiger partial charge in [0.05, 0.1) is 0 Å². The second-order valence-electron chi connectivity index (χ2n) is 5.47. The summed E-state index contributed by atoms with van der Waals surface area (Å²) < 4.78 is 1.80. The van der Waals surface area contributed by atoms with Gasteiger partial charge in [0.2, 0.25) is 0 Å². The average molecular weight is 351 g/mol. The molecule has 0 aliphatic rings. The van der Waals surface area contributed by atoms with Crippen LogP contribution in [0.3, 0.4) is 0 Å². The molecule has 0 N–H and O–H groups in total. The molecule has 0 saturated carbocycles. The number of rotatable bonds is 8. The van der Waals surface area contributed by atoms with E-state index in [1.165, 1.54) is 33.6 Å². The van der Waals surface area contributed by atoms with Crippen molar-refractivity contribution in [2.75, 3.05) is 12.3 Å². The normalized spacial score (nSPS) is 13.0. The van der Waals surface area contributed by atoms with Gasteiger partial charge in [0.25, 0.3) is 0 Å². The Morgan fingerprint density at radius 1 is 0.900 bits per heavy atom. The van der Waals surface area contributed by atoms with Gasteiger partial charge in [-0.2, -0.15) is 0 Å². The van der Waals surface area contributed by atoms with E-state index in [4.69, 9.17) is 0 Å². The summed E-state index contributed by atoms with van der Waals surface area (Å²) >= 11 is -1.89. The first-order valence-electron chi connectivity index (χ1n) is 8.19. The van der Waals surface area contributed by atoms with E-state index in [1.807, 2.05) is 0 Å². The van der Waals surface area contributed by atoms with Gasteiger partial charge >= 0.3 is 130 Å². The van der Waals surface area contributed by atoms with E-state index in [-0.39, 0.29) is 7.92 Å². The van der Waals surface area contributed by atoms with Gasteiger partial charge in [-0.25, -0.2) is 0 Å². The summed E-state index contributed by atoms with van der Waals surface area (Å²) in [5.41, 5.74) is 1.52. The van der Waals surface area contributed by atoms with Crippen LogP contribution in [0.15, 0.2) is 36.1 Å². The third kappa shape index (κ3) is 4.21. The Balaban J connectivity index is 3.34. The Bertz CT molecular complexity index is 394. The van der Waals surface area contributed by atoms with Crippen LogP contribution in [0.5, 0.6) is 0 Å². The minimum atomic E-state index is -1.89. The Hall–Kier alpha value is -0.0671.